The SMILES string of the molecule is O=C(NC1CCN(c2nnc3ccccn23)CC1)c1cccnc1. The van der Waals surface area contributed by atoms with E-state index in [1.165, 1.54) is 0 Å². The zero-order valence-corrected chi connectivity index (χ0v) is 13.2. The van der Waals surface area contributed by atoms with Crippen LogP contribution in [-0.2, 0) is 0 Å². The number of rotatable bonds is 3. The Bertz CT molecular complexity index is 838. The smallest absolute Gasteiger partial charge is 0.253 e. The second kappa shape index (κ2) is 6.27. The first-order chi connectivity index (χ1) is 11.8. The second-order valence-corrected chi connectivity index (χ2v) is 5.91. The van der Waals surface area contributed by atoms with Crippen LogP contribution >= 0.6 is 0 Å². The summed E-state index contributed by atoms with van der Waals surface area (Å²) in [5.41, 5.74) is 1.45. The average Bonchev–Trinajstić information content (AvgIpc) is 3.07. The highest BCUT2D eigenvalue weighted by molar-refractivity contribution is 5.94. The molecule has 0 atom stereocenters. The minimum Gasteiger partial charge on any atom is -0.349 e. The summed E-state index contributed by atoms with van der Waals surface area (Å²) < 4.78 is 1.99. The topological polar surface area (TPSA) is 75.4 Å². The third-order valence-electron chi connectivity index (χ3n) is 4.33. The molecule has 0 aliphatic carbocycles. The minimum absolute atomic E-state index is 0.0607. The van der Waals surface area contributed by atoms with Crippen molar-refractivity contribution in [3.8, 4) is 0 Å². The van der Waals surface area contributed by atoms with Crippen LogP contribution in [0.25, 0.3) is 5.65 Å². The molecule has 1 fully saturated rings. The summed E-state index contributed by atoms with van der Waals surface area (Å²) in [6, 6.07) is 9.59. The van der Waals surface area contributed by atoms with Crippen molar-refractivity contribution in [3.63, 3.8) is 0 Å². The third kappa shape index (κ3) is 2.80. The molecule has 3 aromatic heterocycles. The van der Waals surface area contributed by atoms with Gasteiger partial charge in [-0.2, -0.15) is 0 Å². The molecule has 4 rings (SSSR count). The van der Waals surface area contributed by atoms with E-state index < -0.39 is 0 Å². The van der Waals surface area contributed by atoms with Crippen LogP contribution in [0.2, 0.25) is 0 Å². The highest BCUT2D eigenvalue weighted by Crippen LogP contribution is 2.19. The van der Waals surface area contributed by atoms with E-state index in [0.29, 0.717) is 5.56 Å². The molecule has 1 amide bonds. The van der Waals surface area contributed by atoms with E-state index in [9.17, 15) is 4.79 Å². The molecule has 1 aliphatic heterocycles. The molecule has 0 spiro atoms. The first kappa shape index (κ1) is 14.6. The summed E-state index contributed by atoms with van der Waals surface area (Å²) in [5.74, 6) is 0.803. The Labute approximate surface area is 139 Å². The van der Waals surface area contributed by atoms with E-state index in [0.717, 1.165) is 37.5 Å². The molecule has 0 radical (unpaired) electrons. The monoisotopic (exact) mass is 322 g/mol. The molecule has 0 unspecified atom stereocenters. The van der Waals surface area contributed by atoms with E-state index in [1.54, 1.807) is 24.5 Å². The van der Waals surface area contributed by atoms with Gasteiger partial charge >= 0.3 is 0 Å². The lowest BCUT2D eigenvalue weighted by Crippen LogP contribution is -2.45. The van der Waals surface area contributed by atoms with Crippen LogP contribution in [0.1, 0.15) is 23.2 Å². The number of amides is 1. The zero-order valence-electron chi connectivity index (χ0n) is 13.2. The first-order valence-electron chi connectivity index (χ1n) is 8.07. The first-order valence-corrected chi connectivity index (χ1v) is 8.07. The van der Waals surface area contributed by atoms with E-state index >= 15 is 0 Å². The minimum atomic E-state index is -0.0607. The van der Waals surface area contributed by atoms with Crippen LogP contribution < -0.4 is 10.2 Å². The molecule has 4 heterocycles. The number of fused-ring (bicyclic) bond motifs is 1. The van der Waals surface area contributed by atoms with Crippen LogP contribution in [0.3, 0.4) is 0 Å². The number of nitrogens with zero attached hydrogens (tertiary/aromatic N) is 5. The molecular formula is C17H18N6O. The second-order valence-electron chi connectivity index (χ2n) is 5.91. The van der Waals surface area contributed by atoms with Gasteiger partial charge in [0.25, 0.3) is 5.91 Å². The molecule has 7 nitrogen and oxygen atoms in total. The van der Waals surface area contributed by atoms with Crippen molar-refractivity contribution < 1.29 is 4.79 Å². The van der Waals surface area contributed by atoms with E-state index in [-0.39, 0.29) is 11.9 Å². The quantitative estimate of drug-likeness (QED) is 0.791. The number of aromatic nitrogens is 4. The molecule has 1 N–H and O–H groups in total. The van der Waals surface area contributed by atoms with E-state index in [4.69, 9.17) is 0 Å². The average molecular weight is 322 g/mol. The van der Waals surface area contributed by atoms with Crippen LogP contribution in [-0.4, -0.2) is 44.6 Å². The molecule has 7 heteroatoms. The van der Waals surface area contributed by atoms with Gasteiger partial charge in [-0.05, 0) is 37.1 Å². The summed E-state index contributed by atoms with van der Waals surface area (Å²) in [5, 5.41) is 11.6. The summed E-state index contributed by atoms with van der Waals surface area (Å²) in [6.45, 7) is 1.68. The van der Waals surface area contributed by atoms with Crippen molar-refractivity contribution in [1.29, 1.82) is 0 Å². The van der Waals surface area contributed by atoms with Crippen molar-refractivity contribution in [2.75, 3.05) is 18.0 Å². The van der Waals surface area contributed by atoms with Crippen LogP contribution in [0.4, 0.5) is 5.95 Å². The highest BCUT2D eigenvalue weighted by Gasteiger charge is 2.23. The maximum Gasteiger partial charge on any atom is 0.253 e. The molecule has 1 saturated heterocycles. The van der Waals surface area contributed by atoms with Gasteiger partial charge in [0.15, 0.2) is 5.65 Å². The molecule has 0 saturated carbocycles. The van der Waals surface area contributed by atoms with Gasteiger partial charge in [-0.1, -0.05) is 6.07 Å². The van der Waals surface area contributed by atoms with Crippen molar-refractivity contribution >= 4 is 17.5 Å². The lowest BCUT2D eigenvalue weighted by Gasteiger charge is -2.32. The lowest BCUT2D eigenvalue weighted by atomic mass is 10.0. The number of carbonyl (C=O) groups excluding carboxylic acids is 1. The van der Waals surface area contributed by atoms with Crippen molar-refractivity contribution in [3.05, 3.63) is 54.5 Å². The van der Waals surface area contributed by atoms with Gasteiger partial charge in [0.1, 0.15) is 0 Å². The summed E-state index contributed by atoms with van der Waals surface area (Å²) >= 11 is 0. The predicted octanol–water partition coefficient (Wildman–Crippen LogP) is 1.52. The normalized spacial score (nSPS) is 15.6. The Hall–Kier alpha value is -2.96. The number of carbonyl (C=O) groups is 1. The van der Waals surface area contributed by atoms with Crippen LogP contribution in [0, 0.1) is 0 Å². The van der Waals surface area contributed by atoms with Crippen molar-refractivity contribution in [1.82, 2.24) is 24.9 Å². The van der Waals surface area contributed by atoms with Gasteiger partial charge in [0.2, 0.25) is 5.95 Å². The zero-order chi connectivity index (χ0) is 16.4. The summed E-state index contributed by atoms with van der Waals surface area (Å²) in [4.78, 5) is 18.4. The predicted molar refractivity (Wildman–Crippen MR) is 89.9 cm³/mol. The molecule has 1 aliphatic rings. The Morgan fingerprint density at radius 2 is 2.00 bits per heavy atom. The molecule has 24 heavy (non-hydrogen) atoms. The maximum atomic E-state index is 12.2. The van der Waals surface area contributed by atoms with Crippen LogP contribution in [0.15, 0.2) is 48.9 Å². The van der Waals surface area contributed by atoms with E-state index in [2.05, 4.69) is 25.4 Å². The maximum absolute atomic E-state index is 12.2. The Kier molecular flexibility index (Phi) is 3.82. The fourth-order valence-corrected chi connectivity index (χ4v) is 3.03. The number of hydrogen-bond donors (Lipinski definition) is 1. The molecular weight excluding hydrogens is 304 g/mol. The van der Waals surface area contributed by atoms with Crippen molar-refractivity contribution in [2.24, 2.45) is 0 Å². The highest BCUT2D eigenvalue weighted by atomic mass is 16.1. The molecule has 3 aromatic rings. The fraction of sp³-hybridized carbons (Fsp3) is 0.294. The van der Waals surface area contributed by atoms with Gasteiger partial charge < -0.3 is 10.2 Å². The van der Waals surface area contributed by atoms with Crippen LogP contribution in [0.5, 0.6) is 0 Å². The van der Waals surface area contributed by atoms with Gasteiger partial charge in [0.05, 0.1) is 5.56 Å². The van der Waals surface area contributed by atoms with Gasteiger partial charge in [0, 0.05) is 37.7 Å². The Morgan fingerprint density at radius 1 is 1.12 bits per heavy atom. The molecule has 0 bridgehead atoms. The molecule has 0 aromatic carbocycles. The summed E-state index contributed by atoms with van der Waals surface area (Å²) in [7, 11) is 0. The fourth-order valence-electron chi connectivity index (χ4n) is 3.03. The number of pyridine rings is 2. The standard InChI is InChI=1S/C17H18N6O/c24-16(13-4-3-8-18-12-13)19-14-6-10-22(11-7-14)17-21-20-15-5-1-2-9-23(15)17/h1-5,8-9,12,14H,6-7,10-11H2,(H,19,24). The number of piperidine rings is 1. The number of anilines is 1. The number of hydrogen-bond acceptors (Lipinski definition) is 5. The Morgan fingerprint density at radius 3 is 2.79 bits per heavy atom. The number of nitrogens with one attached hydrogen (secondary N) is 1. The molecule has 122 valence electrons. The largest absolute Gasteiger partial charge is 0.349 e. The third-order valence-corrected chi connectivity index (χ3v) is 4.33. The van der Waals surface area contributed by atoms with Gasteiger partial charge in [-0.25, -0.2) is 0 Å². The van der Waals surface area contributed by atoms with Crippen molar-refractivity contribution in [2.45, 2.75) is 18.9 Å². The van der Waals surface area contributed by atoms with E-state index in [1.807, 2.05) is 28.8 Å². The summed E-state index contributed by atoms with van der Waals surface area (Å²) in [6.07, 6.45) is 6.99. The lowest BCUT2D eigenvalue weighted by molar-refractivity contribution is 0.0930. The Balaban J connectivity index is 1.39. The van der Waals surface area contributed by atoms with Gasteiger partial charge in [-0.3, -0.25) is 14.2 Å². The van der Waals surface area contributed by atoms with Gasteiger partial charge in [-0.15, -0.1) is 10.2 Å².